The molecule has 0 aliphatic carbocycles. The van der Waals surface area contributed by atoms with Gasteiger partial charge in [-0.1, -0.05) is 12.1 Å². The van der Waals surface area contributed by atoms with E-state index < -0.39 is 5.69 Å². The standard InChI is InChI=1S/C15H16N4O3/c1-9(2)18-14(20)12-13(17-8-16-12)19(15(18)21)10-6-4-5-7-11(10)22-3/h4-9H,1-3H3,(H,16,17). The van der Waals surface area contributed by atoms with Crippen molar-refractivity contribution in [3.8, 4) is 11.4 Å². The minimum atomic E-state index is -0.441. The van der Waals surface area contributed by atoms with Crippen molar-refractivity contribution in [3.05, 3.63) is 51.4 Å². The first-order valence-electron chi connectivity index (χ1n) is 6.90. The molecule has 7 heteroatoms. The van der Waals surface area contributed by atoms with E-state index in [2.05, 4.69) is 9.97 Å². The van der Waals surface area contributed by atoms with Gasteiger partial charge < -0.3 is 9.72 Å². The molecule has 0 unspecified atom stereocenters. The number of hydrogen-bond donors (Lipinski definition) is 1. The smallest absolute Gasteiger partial charge is 0.337 e. The van der Waals surface area contributed by atoms with Gasteiger partial charge in [-0.3, -0.25) is 9.36 Å². The summed E-state index contributed by atoms with van der Waals surface area (Å²) in [4.78, 5) is 32.2. The Balaban J connectivity index is 2.52. The topological polar surface area (TPSA) is 81.9 Å². The number of hydrogen-bond acceptors (Lipinski definition) is 4. The molecule has 0 atom stereocenters. The fourth-order valence-electron chi connectivity index (χ4n) is 2.51. The number of nitrogens with one attached hydrogen (secondary N) is 1. The zero-order chi connectivity index (χ0) is 15.9. The van der Waals surface area contributed by atoms with Crippen LogP contribution in [0.5, 0.6) is 5.75 Å². The van der Waals surface area contributed by atoms with Crippen LogP contribution >= 0.6 is 0 Å². The highest BCUT2D eigenvalue weighted by atomic mass is 16.5. The van der Waals surface area contributed by atoms with Crippen molar-refractivity contribution in [3.63, 3.8) is 0 Å². The average Bonchev–Trinajstić information content (AvgIpc) is 2.97. The van der Waals surface area contributed by atoms with Crippen LogP contribution in [0.2, 0.25) is 0 Å². The van der Waals surface area contributed by atoms with Crippen LogP contribution in [0, 0.1) is 0 Å². The lowest BCUT2D eigenvalue weighted by atomic mass is 10.3. The molecule has 22 heavy (non-hydrogen) atoms. The Morgan fingerprint density at radius 1 is 1.23 bits per heavy atom. The van der Waals surface area contributed by atoms with Crippen LogP contribution in [0.4, 0.5) is 0 Å². The summed E-state index contributed by atoms with van der Waals surface area (Å²) in [5.74, 6) is 0.530. The number of aromatic nitrogens is 4. The highest BCUT2D eigenvalue weighted by Crippen LogP contribution is 2.22. The first kappa shape index (κ1) is 14.1. The summed E-state index contributed by atoms with van der Waals surface area (Å²) in [6, 6.07) is 6.85. The Kier molecular flexibility index (Phi) is 3.32. The van der Waals surface area contributed by atoms with Crippen molar-refractivity contribution >= 4 is 11.2 Å². The van der Waals surface area contributed by atoms with Crippen LogP contribution in [0.15, 0.2) is 40.2 Å². The Bertz CT molecular complexity index is 949. The van der Waals surface area contributed by atoms with Crippen LogP contribution in [0.3, 0.4) is 0 Å². The van der Waals surface area contributed by atoms with Crippen LogP contribution in [-0.4, -0.2) is 26.2 Å². The quantitative estimate of drug-likeness (QED) is 0.794. The van der Waals surface area contributed by atoms with Crippen LogP contribution < -0.4 is 16.0 Å². The monoisotopic (exact) mass is 300 g/mol. The number of aromatic amines is 1. The fourth-order valence-corrected chi connectivity index (χ4v) is 2.51. The van der Waals surface area contributed by atoms with E-state index in [0.29, 0.717) is 17.0 Å². The number of H-pyrrole nitrogens is 1. The van der Waals surface area contributed by atoms with Crippen molar-refractivity contribution in [2.45, 2.75) is 19.9 Å². The molecule has 0 amide bonds. The predicted molar refractivity (Wildman–Crippen MR) is 82.9 cm³/mol. The highest BCUT2D eigenvalue weighted by Gasteiger charge is 2.19. The molecule has 3 aromatic rings. The zero-order valence-corrected chi connectivity index (χ0v) is 12.5. The predicted octanol–water partition coefficient (Wildman–Crippen LogP) is 1.46. The van der Waals surface area contributed by atoms with Gasteiger partial charge in [0.15, 0.2) is 5.65 Å². The molecule has 0 bridgehead atoms. The molecule has 7 nitrogen and oxygen atoms in total. The first-order chi connectivity index (χ1) is 10.6. The molecular formula is C15H16N4O3. The Hall–Kier alpha value is -2.83. The molecule has 1 aromatic carbocycles. The Labute approximate surface area is 125 Å². The number of ether oxygens (including phenoxy) is 1. The lowest BCUT2D eigenvalue weighted by Crippen LogP contribution is -2.40. The fraction of sp³-hybridized carbons (Fsp3) is 0.267. The van der Waals surface area contributed by atoms with E-state index in [0.717, 1.165) is 0 Å². The molecule has 0 radical (unpaired) electrons. The van der Waals surface area contributed by atoms with Crippen molar-refractivity contribution in [2.24, 2.45) is 0 Å². The molecule has 0 saturated heterocycles. The molecule has 3 rings (SSSR count). The Morgan fingerprint density at radius 3 is 2.64 bits per heavy atom. The zero-order valence-electron chi connectivity index (χ0n) is 12.5. The minimum Gasteiger partial charge on any atom is -0.495 e. The summed E-state index contributed by atoms with van der Waals surface area (Å²) in [5, 5.41) is 0. The van der Waals surface area contributed by atoms with E-state index in [1.54, 1.807) is 32.0 Å². The Morgan fingerprint density at radius 2 is 1.95 bits per heavy atom. The van der Waals surface area contributed by atoms with Crippen molar-refractivity contribution in [2.75, 3.05) is 7.11 Å². The normalized spacial score (nSPS) is 11.3. The maximum absolute atomic E-state index is 12.8. The molecule has 0 saturated carbocycles. The minimum absolute atomic E-state index is 0.270. The molecule has 0 aliphatic heterocycles. The average molecular weight is 300 g/mol. The van der Waals surface area contributed by atoms with Crippen LogP contribution in [-0.2, 0) is 0 Å². The molecule has 0 fully saturated rings. The second-order valence-corrected chi connectivity index (χ2v) is 5.16. The van der Waals surface area contributed by atoms with Crippen molar-refractivity contribution < 1.29 is 4.74 Å². The maximum Gasteiger partial charge on any atom is 0.337 e. The van der Waals surface area contributed by atoms with Gasteiger partial charge in [0.2, 0.25) is 0 Å². The third-order valence-corrected chi connectivity index (χ3v) is 3.50. The summed E-state index contributed by atoms with van der Waals surface area (Å²) in [7, 11) is 1.53. The van der Waals surface area contributed by atoms with Gasteiger partial charge >= 0.3 is 5.69 Å². The molecule has 0 aliphatic rings. The molecule has 114 valence electrons. The van der Waals surface area contributed by atoms with E-state index in [-0.39, 0.29) is 17.2 Å². The lowest BCUT2D eigenvalue weighted by Gasteiger charge is -2.15. The second kappa shape index (κ2) is 5.18. The van der Waals surface area contributed by atoms with Gasteiger partial charge in [-0.15, -0.1) is 0 Å². The third-order valence-electron chi connectivity index (χ3n) is 3.50. The van der Waals surface area contributed by atoms with E-state index in [1.807, 2.05) is 6.07 Å². The SMILES string of the molecule is COc1ccccc1-n1c(=O)n(C(C)C)c(=O)c2[nH]cnc21. The van der Waals surface area contributed by atoms with Crippen molar-refractivity contribution in [1.82, 2.24) is 19.1 Å². The van der Waals surface area contributed by atoms with Gasteiger partial charge in [0, 0.05) is 6.04 Å². The van der Waals surface area contributed by atoms with Crippen molar-refractivity contribution in [1.29, 1.82) is 0 Å². The van der Waals surface area contributed by atoms with Gasteiger partial charge in [-0.2, -0.15) is 0 Å². The summed E-state index contributed by atoms with van der Waals surface area (Å²) in [6.07, 6.45) is 1.40. The third kappa shape index (κ3) is 1.93. The number of benzene rings is 1. The van der Waals surface area contributed by atoms with Crippen LogP contribution in [0.25, 0.3) is 16.9 Å². The second-order valence-electron chi connectivity index (χ2n) is 5.16. The van der Waals surface area contributed by atoms with Gasteiger partial charge in [0.25, 0.3) is 5.56 Å². The van der Waals surface area contributed by atoms with Gasteiger partial charge in [0.05, 0.1) is 19.1 Å². The van der Waals surface area contributed by atoms with E-state index in [1.165, 1.54) is 22.6 Å². The van der Waals surface area contributed by atoms with Gasteiger partial charge in [-0.05, 0) is 26.0 Å². The maximum atomic E-state index is 12.8. The summed E-state index contributed by atoms with van der Waals surface area (Å²) >= 11 is 0. The van der Waals surface area contributed by atoms with E-state index in [9.17, 15) is 9.59 Å². The van der Waals surface area contributed by atoms with E-state index >= 15 is 0 Å². The number of nitrogens with zero attached hydrogens (tertiary/aromatic N) is 3. The number of imidazole rings is 1. The highest BCUT2D eigenvalue weighted by molar-refractivity contribution is 5.72. The van der Waals surface area contributed by atoms with Gasteiger partial charge in [0.1, 0.15) is 11.3 Å². The molecule has 2 heterocycles. The molecule has 1 N–H and O–H groups in total. The van der Waals surface area contributed by atoms with Gasteiger partial charge in [-0.25, -0.2) is 14.3 Å². The summed E-state index contributed by atoms with van der Waals surface area (Å²) < 4.78 is 7.92. The number of fused-ring (bicyclic) bond motifs is 1. The largest absolute Gasteiger partial charge is 0.495 e. The number of para-hydroxylation sites is 2. The summed E-state index contributed by atoms with van der Waals surface area (Å²) in [6.45, 7) is 3.58. The lowest BCUT2D eigenvalue weighted by molar-refractivity contribution is 0.412. The van der Waals surface area contributed by atoms with Crippen LogP contribution in [0.1, 0.15) is 19.9 Å². The number of rotatable bonds is 3. The summed E-state index contributed by atoms with van der Waals surface area (Å²) in [5.41, 5.74) is 0.305. The molecular weight excluding hydrogens is 284 g/mol. The first-order valence-corrected chi connectivity index (χ1v) is 6.90. The molecule has 2 aromatic heterocycles. The molecule has 0 spiro atoms. The van der Waals surface area contributed by atoms with E-state index in [4.69, 9.17) is 4.74 Å². The number of methoxy groups -OCH3 is 1.